The molecule has 0 radical (unpaired) electrons. The zero-order valence-electron chi connectivity index (χ0n) is 8.58. The molecule has 0 amide bonds. The zero-order chi connectivity index (χ0) is 12.3. The van der Waals surface area contributed by atoms with E-state index in [4.69, 9.17) is 5.11 Å². The summed E-state index contributed by atoms with van der Waals surface area (Å²) in [5, 5.41) is 8.54. The molecule has 0 saturated carbocycles. The molecule has 1 rings (SSSR count). The Morgan fingerprint density at radius 1 is 1.44 bits per heavy atom. The van der Waals surface area contributed by atoms with Gasteiger partial charge in [-0.15, -0.1) is 0 Å². The molecule has 0 heterocycles. The predicted molar refractivity (Wildman–Crippen MR) is 52.0 cm³/mol. The average molecular weight is 232 g/mol. The van der Waals surface area contributed by atoms with Gasteiger partial charge in [-0.1, -0.05) is 13.0 Å². The average Bonchev–Trinajstić information content (AvgIpc) is 2.16. The van der Waals surface area contributed by atoms with E-state index in [0.717, 1.165) is 18.2 Å². The second kappa shape index (κ2) is 5.01. The van der Waals surface area contributed by atoms with Crippen LogP contribution in [-0.2, 0) is 4.79 Å². The number of carboxylic acids is 1. The third-order valence-electron chi connectivity index (χ3n) is 2.28. The summed E-state index contributed by atoms with van der Waals surface area (Å²) in [5.74, 6) is -2.37. The van der Waals surface area contributed by atoms with Gasteiger partial charge < -0.3 is 5.11 Å². The molecule has 0 aromatic heterocycles. The van der Waals surface area contributed by atoms with Gasteiger partial charge in [-0.05, 0) is 23.6 Å². The van der Waals surface area contributed by atoms with Crippen molar-refractivity contribution >= 4 is 5.97 Å². The number of benzene rings is 1. The third-order valence-corrected chi connectivity index (χ3v) is 2.28. The summed E-state index contributed by atoms with van der Waals surface area (Å²) in [6.45, 7) is 1.49. The van der Waals surface area contributed by atoms with Crippen LogP contribution in [0, 0.1) is 5.82 Å². The first-order valence-corrected chi connectivity index (χ1v) is 4.71. The van der Waals surface area contributed by atoms with Gasteiger partial charge >= 0.3 is 5.97 Å². The topological polar surface area (TPSA) is 37.3 Å². The molecule has 16 heavy (non-hydrogen) atoms. The highest BCUT2D eigenvalue weighted by Crippen LogP contribution is 2.27. The second-order valence-electron chi connectivity index (χ2n) is 3.58. The SMILES string of the molecule is CC(CC(=O)O)c1cc(C(F)F)ccc1F. The van der Waals surface area contributed by atoms with Crippen LogP contribution in [0.5, 0.6) is 0 Å². The van der Waals surface area contributed by atoms with Crippen LogP contribution in [0.15, 0.2) is 18.2 Å². The Balaban J connectivity index is 3.01. The second-order valence-corrected chi connectivity index (χ2v) is 3.58. The Morgan fingerprint density at radius 2 is 2.06 bits per heavy atom. The summed E-state index contributed by atoms with van der Waals surface area (Å²) >= 11 is 0. The number of rotatable bonds is 4. The Morgan fingerprint density at radius 3 is 2.56 bits per heavy atom. The maximum atomic E-state index is 13.3. The van der Waals surface area contributed by atoms with E-state index in [-0.39, 0.29) is 17.5 Å². The number of hydrogen-bond acceptors (Lipinski definition) is 1. The monoisotopic (exact) mass is 232 g/mol. The first kappa shape index (κ1) is 12.5. The highest BCUT2D eigenvalue weighted by molar-refractivity contribution is 5.68. The molecule has 0 saturated heterocycles. The molecule has 0 bridgehead atoms. The highest BCUT2D eigenvalue weighted by atomic mass is 19.3. The van der Waals surface area contributed by atoms with E-state index in [1.807, 2.05) is 0 Å². The molecule has 2 nitrogen and oxygen atoms in total. The number of carbonyl (C=O) groups is 1. The lowest BCUT2D eigenvalue weighted by Gasteiger charge is -2.12. The fraction of sp³-hybridized carbons (Fsp3) is 0.364. The molecule has 1 atom stereocenters. The lowest BCUT2D eigenvalue weighted by Crippen LogP contribution is -2.05. The molecule has 88 valence electrons. The van der Waals surface area contributed by atoms with Gasteiger partial charge in [0.25, 0.3) is 6.43 Å². The van der Waals surface area contributed by atoms with Crippen LogP contribution < -0.4 is 0 Å². The van der Waals surface area contributed by atoms with E-state index >= 15 is 0 Å². The largest absolute Gasteiger partial charge is 0.481 e. The maximum absolute atomic E-state index is 13.3. The van der Waals surface area contributed by atoms with Crippen molar-refractivity contribution in [3.8, 4) is 0 Å². The standard InChI is InChI=1S/C11H11F3O2/c1-6(4-10(15)16)8-5-7(11(13)14)2-3-9(8)12/h2-3,5-6,11H,4H2,1H3,(H,15,16). The van der Waals surface area contributed by atoms with Crippen molar-refractivity contribution < 1.29 is 23.1 Å². The molecular formula is C11H11F3O2. The summed E-state index contributed by atoms with van der Waals surface area (Å²) < 4.78 is 38.0. The third kappa shape index (κ3) is 2.98. The molecule has 0 fully saturated rings. The van der Waals surface area contributed by atoms with Gasteiger partial charge in [0.2, 0.25) is 0 Å². The zero-order valence-corrected chi connectivity index (χ0v) is 8.58. The van der Waals surface area contributed by atoms with Crippen LogP contribution in [0.25, 0.3) is 0 Å². The Labute approximate surface area is 90.7 Å². The van der Waals surface area contributed by atoms with Gasteiger partial charge in [-0.25, -0.2) is 13.2 Å². The molecule has 1 N–H and O–H groups in total. The fourth-order valence-electron chi connectivity index (χ4n) is 1.45. The van der Waals surface area contributed by atoms with Crippen LogP contribution in [0.2, 0.25) is 0 Å². The van der Waals surface area contributed by atoms with E-state index in [2.05, 4.69) is 0 Å². The Hall–Kier alpha value is -1.52. The lowest BCUT2D eigenvalue weighted by atomic mass is 9.95. The smallest absolute Gasteiger partial charge is 0.303 e. The maximum Gasteiger partial charge on any atom is 0.303 e. The number of alkyl halides is 2. The molecule has 0 aliphatic heterocycles. The van der Waals surface area contributed by atoms with Gasteiger partial charge in [-0.2, -0.15) is 0 Å². The van der Waals surface area contributed by atoms with Crippen molar-refractivity contribution in [2.24, 2.45) is 0 Å². The van der Waals surface area contributed by atoms with E-state index in [0.29, 0.717) is 0 Å². The summed E-state index contributed by atoms with van der Waals surface area (Å²) in [5.41, 5.74) is -0.283. The molecular weight excluding hydrogens is 221 g/mol. The summed E-state index contributed by atoms with van der Waals surface area (Å²) in [7, 11) is 0. The molecule has 0 aliphatic carbocycles. The van der Waals surface area contributed by atoms with Crippen LogP contribution in [0.3, 0.4) is 0 Å². The van der Waals surface area contributed by atoms with Gasteiger partial charge in [0.15, 0.2) is 0 Å². The van der Waals surface area contributed by atoms with Crippen LogP contribution in [0.4, 0.5) is 13.2 Å². The van der Waals surface area contributed by atoms with Gasteiger partial charge in [-0.3, -0.25) is 4.79 Å². The molecule has 1 aromatic rings. The first-order valence-electron chi connectivity index (χ1n) is 4.71. The first-order chi connectivity index (χ1) is 7.41. The summed E-state index contributed by atoms with van der Waals surface area (Å²) in [4.78, 5) is 10.4. The summed E-state index contributed by atoms with van der Waals surface area (Å²) in [6.07, 6.45) is -2.97. The van der Waals surface area contributed by atoms with Crippen molar-refractivity contribution in [1.82, 2.24) is 0 Å². The van der Waals surface area contributed by atoms with Crippen molar-refractivity contribution in [2.75, 3.05) is 0 Å². The molecule has 0 aliphatic rings. The van der Waals surface area contributed by atoms with Crippen molar-refractivity contribution in [1.29, 1.82) is 0 Å². The quantitative estimate of drug-likeness (QED) is 0.864. The molecule has 5 heteroatoms. The number of hydrogen-bond donors (Lipinski definition) is 1. The van der Waals surface area contributed by atoms with E-state index < -0.39 is 24.1 Å². The minimum Gasteiger partial charge on any atom is -0.481 e. The van der Waals surface area contributed by atoms with E-state index in [1.54, 1.807) is 0 Å². The van der Waals surface area contributed by atoms with Crippen molar-refractivity contribution in [3.63, 3.8) is 0 Å². The highest BCUT2D eigenvalue weighted by Gasteiger charge is 2.17. The van der Waals surface area contributed by atoms with Crippen molar-refractivity contribution in [3.05, 3.63) is 35.1 Å². The van der Waals surface area contributed by atoms with Gasteiger partial charge in [0.05, 0.1) is 6.42 Å². The normalized spacial score (nSPS) is 12.8. The predicted octanol–water partition coefficient (Wildman–Crippen LogP) is 3.34. The lowest BCUT2D eigenvalue weighted by molar-refractivity contribution is -0.137. The van der Waals surface area contributed by atoms with Crippen molar-refractivity contribution in [2.45, 2.75) is 25.7 Å². The molecule has 1 unspecified atom stereocenters. The van der Waals surface area contributed by atoms with E-state index in [9.17, 15) is 18.0 Å². The summed E-state index contributed by atoms with van der Waals surface area (Å²) in [6, 6.07) is 2.96. The number of aliphatic carboxylic acids is 1. The Kier molecular flexibility index (Phi) is 3.93. The van der Waals surface area contributed by atoms with Crippen LogP contribution in [-0.4, -0.2) is 11.1 Å². The van der Waals surface area contributed by atoms with Crippen LogP contribution >= 0.6 is 0 Å². The number of halogens is 3. The fourth-order valence-corrected chi connectivity index (χ4v) is 1.45. The minimum atomic E-state index is -2.68. The molecule has 0 spiro atoms. The van der Waals surface area contributed by atoms with E-state index in [1.165, 1.54) is 6.92 Å². The van der Waals surface area contributed by atoms with Crippen LogP contribution in [0.1, 0.15) is 36.8 Å². The van der Waals surface area contributed by atoms with Gasteiger partial charge in [0.1, 0.15) is 5.82 Å². The molecule has 1 aromatic carbocycles. The van der Waals surface area contributed by atoms with Gasteiger partial charge in [0, 0.05) is 5.56 Å². The minimum absolute atomic E-state index is 0.0141. The number of carboxylic acid groups (broad SMARTS) is 1. The Bertz CT molecular complexity index is 391.